The average Bonchev–Trinajstić information content (AvgIpc) is 3.61. The van der Waals surface area contributed by atoms with Crippen molar-refractivity contribution >= 4 is 22.4 Å². The van der Waals surface area contributed by atoms with Gasteiger partial charge in [-0.05, 0) is 68.8 Å². The van der Waals surface area contributed by atoms with Crippen LogP contribution in [0.5, 0.6) is 5.75 Å². The molecule has 0 radical (unpaired) electrons. The zero-order valence-electron chi connectivity index (χ0n) is 21.3. The summed E-state index contributed by atoms with van der Waals surface area (Å²) in [5, 5.41) is 9.41. The lowest BCUT2D eigenvalue weighted by Gasteiger charge is -2.08. The van der Waals surface area contributed by atoms with Crippen LogP contribution in [0.2, 0.25) is 0 Å². The van der Waals surface area contributed by atoms with E-state index in [4.69, 9.17) is 9.84 Å². The second kappa shape index (κ2) is 9.72. The molecule has 6 rings (SSSR count). The average molecular weight is 520 g/mol. The smallest absolute Gasteiger partial charge is 0.291 e. The Labute approximate surface area is 223 Å². The zero-order chi connectivity index (χ0) is 26.2. The molecule has 0 bridgehead atoms. The number of benzene rings is 3. The summed E-state index contributed by atoms with van der Waals surface area (Å²) in [6, 6.07) is 23.9. The van der Waals surface area contributed by atoms with Crippen LogP contribution >= 0.6 is 11.3 Å². The van der Waals surface area contributed by atoms with Crippen molar-refractivity contribution in [1.29, 1.82) is 0 Å². The van der Waals surface area contributed by atoms with E-state index in [9.17, 15) is 4.79 Å². The normalized spacial score (nSPS) is 11.9. The van der Waals surface area contributed by atoms with Gasteiger partial charge in [0, 0.05) is 22.9 Å². The number of aryl methyl sites for hydroxylation is 2. The Balaban J connectivity index is 1.48. The minimum absolute atomic E-state index is 0.197. The van der Waals surface area contributed by atoms with Crippen LogP contribution in [0, 0.1) is 13.8 Å². The maximum absolute atomic E-state index is 13.3. The minimum atomic E-state index is -0.197. The van der Waals surface area contributed by atoms with Gasteiger partial charge in [-0.25, -0.2) is 4.68 Å². The van der Waals surface area contributed by atoms with E-state index in [1.165, 1.54) is 15.9 Å². The molecular weight excluding hydrogens is 494 g/mol. The fourth-order valence-electron chi connectivity index (χ4n) is 4.43. The van der Waals surface area contributed by atoms with E-state index in [-0.39, 0.29) is 5.56 Å². The Morgan fingerprint density at radius 2 is 1.79 bits per heavy atom. The third-order valence-corrected chi connectivity index (χ3v) is 7.22. The topological polar surface area (TPSA) is 74.3 Å². The highest BCUT2D eigenvalue weighted by Gasteiger charge is 2.16. The molecule has 0 atom stereocenters. The standard InChI is InChI=1S/C30H25N5O2S/c1-4-37-25-14-13-21(16-20(25)3)27-23(18-34(32-27)24-11-6-5-7-12-24)17-26-29(36)35-30(38-26)31-28(33-35)22-10-8-9-19(2)15-22/h5-18H,4H2,1-3H3. The number of nitrogens with zero attached hydrogens (tertiary/aromatic N) is 5. The van der Waals surface area contributed by atoms with Crippen LogP contribution in [0.3, 0.4) is 0 Å². The quantitative estimate of drug-likeness (QED) is 0.301. The molecule has 3 aromatic carbocycles. The van der Waals surface area contributed by atoms with Crippen molar-refractivity contribution < 1.29 is 4.74 Å². The van der Waals surface area contributed by atoms with Crippen LogP contribution in [0.1, 0.15) is 23.6 Å². The molecule has 0 aliphatic rings. The largest absolute Gasteiger partial charge is 0.494 e. The Kier molecular flexibility index (Phi) is 6.09. The highest BCUT2D eigenvalue weighted by atomic mass is 32.1. The lowest BCUT2D eigenvalue weighted by Crippen LogP contribution is -2.23. The lowest BCUT2D eigenvalue weighted by molar-refractivity contribution is 0.338. The van der Waals surface area contributed by atoms with Gasteiger partial charge in [0.15, 0.2) is 5.82 Å². The van der Waals surface area contributed by atoms with Gasteiger partial charge in [0.05, 0.1) is 16.8 Å². The van der Waals surface area contributed by atoms with Gasteiger partial charge in [0.1, 0.15) is 11.4 Å². The molecule has 0 N–H and O–H groups in total. The zero-order valence-corrected chi connectivity index (χ0v) is 22.1. The SMILES string of the molecule is CCOc1ccc(-c2nn(-c3ccccc3)cc2C=c2sc3nc(-c4cccc(C)c4)nn3c2=O)cc1C. The first-order chi connectivity index (χ1) is 18.5. The van der Waals surface area contributed by atoms with Crippen LogP contribution in [0.4, 0.5) is 0 Å². The molecule has 8 heteroatoms. The van der Waals surface area contributed by atoms with Crippen molar-refractivity contribution in [2.75, 3.05) is 6.61 Å². The van der Waals surface area contributed by atoms with Crippen molar-refractivity contribution in [2.45, 2.75) is 20.8 Å². The van der Waals surface area contributed by atoms with Crippen molar-refractivity contribution in [1.82, 2.24) is 24.4 Å². The molecule has 3 heterocycles. The molecule has 0 spiro atoms. The van der Waals surface area contributed by atoms with Crippen molar-refractivity contribution in [3.05, 3.63) is 111 Å². The number of aromatic nitrogens is 5. The van der Waals surface area contributed by atoms with Gasteiger partial charge in [0.25, 0.3) is 5.56 Å². The number of thiazole rings is 1. The highest BCUT2D eigenvalue weighted by molar-refractivity contribution is 7.15. The van der Waals surface area contributed by atoms with E-state index in [1.807, 2.05) is 104 Å². The van der Waals surface area contributed by atoms with Gasteiger partial charge in [-0.3, -0.25) is 4.79 Å². The van der Waals surface area contributed by atoms with Gasteiger partial charge in [-0.15, -0.1) is 5.10 Å². The summed E-state index contributed by atoms with van der Waals surface area (Å²) in [5.41, 5.74) is 6.32. The molecule has 0 saturated heterocycles. The molecule has 7 nitrogen and oxygen atoms in total. The van der Waals surface area contributed by atoms with Gasteiger partial charge >= 0.3 is 0 Å². The maximum Gasteiger partial charge on any atom is 0.291 e. The summed E-state index contributed by atoms with van der Waals surface area (Å²) in [6.45, 7) is 6.62. The molecule has 0 amide bonds. The Hall–Kier alpha value is -4.56. The lowest BCUT2D eigenvalue weighted by atomic mass is 10.0. The molecule has 188 valence electrons. The van der Waals surface area contributed by atoms with Crippen LogP contribution in [-0.2, 0) is 0 Å². The summed E-state index contributed by atoms with van der Waals surface area (Å²) in [7, 11) is 0. The summed E-state index contributed by atoms with van der Waals surface area (Å²) >= 11 is 1.32. The molecule has 6 aromatic rings. The number of hydrogen-bond donors (Lipinski definition) is 0. The maximum atomic E-state index is 13.3. The number of hydrogen-bond acceptors (Lipinski definition) is 6. The van der Waals surface area contributed by atoms with Crippen molar-refractivity contribution in [3.8, 4) is 34.1 Å². The second-order valence-electron chi connectivity index (χ2n) is 9.04. The number of para-hydroxylation sites is 1. The van der Waals surface area contributed by atoms with Crippen LogP contribution in [0.15, 0.2) is 83.8 Å². The fourth-order valence-corrected chi connectivity index (χ4v) is 5.32. The van der Waals surface area contributed by atoms with E-state index < -0.39 is 0 Å². The molecule has 0 saturated carbocycles. The second-order valence-corrected chi connectivity index (χ2v) is 10.1. The summed E-state index contributed by atoms with van der Waals surface area (Å²) in [6.07, 6.45) is 3.83. The first-order valence-corrected chi connectivity index (χ1v) is 13.2. The van der Waals surface area contributed by atoms with E-state index >= 15 is 0 Å². The molecule has 0 aliphatic heterocycles. The van der Waals surface area contributed by atoms with E-state index in [0.29, 0.717) is 21.9 Å². The summed E-state index contributed by atoms with van der Waals surface area (Å²) in [5.74, 6) is 1.40. The summed E-state index contributed by atoms with van der Waals surface area (Å²) < 4.78 is 9.50. The predicted octanol–water partition coefficient (Wildman–Crippen LogP) is 5.23. The van der Waals surface area contributed by atoms with Gasteiger partial charge in [-0.1, -0.05) is 53.3 Å². The van der Waals surface area contributed by atoms with Gasteiger partial charge in [-0.2, -0.15) is 14.6 Å². The van der Waals surface area contributed by atoms with E-state index in [1.54, 1.807) is 0 Å². The molecule has 38 heavy (non-hydrogen) atoms. The Morgan fingerprint density at radius 3 is 2.53 bits per heavy atom. The minimum Gasteiger partial charge on any atom is -0.494 e. The first kappa shape index (κ1) is 23.8. The van der Waals surface area contributed by atoms with E-state index in [0.717, 1.165) is 44.9 Å². The Bertz CT molecular complexity index is 1890. The van der Waals surface area contributed by atoms with E-state index in [2.05, 4.69) is 16.1 Å². The first-order valence-electron chi connectivity index (χ1n) is 12.4. The number of fused-ring (bicyclic) bond motifs is 1. The number of ether oxygens (including phenoxy) is 1. The molecular formula is C30H25N5O2S. The monoisotopic (exact) mass is 519 g/mol. The van der Waals surface area contributed by atoms with Gasteiger partial charge in [0.2, 0.25) is 4.96 Å². The predicted molar refractivity (Wildman–Crippen MR) is 151 cm³/mol. The number of rotatable bonds is 6. The van der Waals surface area contributed by atoms with Crippen molar-refractivity contribution in [3.63, 3.8) is 0 Å². The third kappa shape index (κ3) is 4.39. The third-order valence-electron chi connectivity index (χ3n) is 6.26. The fraction of sp³-hybridized carbons (Fsp3) is 0.133. The molecule has 3 aromatic heterocycles. The van der Waals surface area contributed by atoms with Gasteiger partial charge < -0.3 is 4.74 Å². The van der Waals surface area contributed by atoms with Crippen LogP contribution < -0.4 is 14.8 Å². The molecule has 0 aliphatic carbocycles. The van der Waals surface area contributed by atoms with Crippen LogP contribution in [-0.4, -0.2) is 31.0 Å². The molecule has 0 unspecified atom stereocenters. The van der Waals surface area contributed by atoms with Crippen LogP contribution in [0.25, 0.3) is 39.4 Å². The Morgan fingerprint density at radius 1 is 0.947 bits per heavy atom. The van der Waals surface area contributed by atoms with Crippen molar-refractivity contribution in [2.24, 2.45) is 0 Å². The highest BCUT2D eigenvalue weighted by Crippen LogP contribution is 2.29. The molecule has 0 fully saturated rings. The summed E-state index contributed by atoms with van der Waals surface area (Å²) in [4.78, 5) is 18.5.